The van der Waals surface area contributed by atoms with Crippen LogP contribution >= 0.6 is 0 Å². The third kappa shape index (κ3) is 3.29. The number of aromatic nitrogens is 2. The lowest BCUT2D eigenvalue weighted by molar-refractivity contribution is 0.484. The van der Waals surface area contributed by atoms with Crippen molar-refractivity contribution in [3.8, 4) is 11.3 Å². The first kappa shape index (κ1) is 18.6. The zero-order valence-electron chi connectivity index (χ0n) is 17.3. The van der Waals surface area contributed by atoms with Gasteiger partial charge in [-0.2, -0.15) is 0 Å². The van der Waals surface area contributed by atoms with Gasteiger partial charge in [0.15, 0.2) is 11.5 Å². The zero-order chi connectivity index (χ0) is 21.1. The minimum Gasteiger partial charge on any atom is -0.422 e. The summed E-state index contributed by atoms with van der Waals surface area (Å²) in [5, 5.41) is 4.25. The van der Waals surface area contributed by atoms with Crippen LogP contribution in [0, 0.1) is 5.82 Å². The molecule has 7 heteroatoms. The smallest absolute Gasteiger partial charge is 0.345 e. The Labute approximate surface area is 178 Å². The van der Waals surface area contributed by atoms with Crippen molar-refractivity contribution in [2.24, 2.45) is 0 Å². The summed E-state index contributed by atoms with van der Waals surface area (Å²) in [7, 11) is 0. The number of rotatable bonds is 3. The van der Waals surface area contributed by atoms with Gasteiger partial charge in [-0.1, -0.05) is 0 Å². The van der Waals surface area contributed by atoms with E-state index in [9.17, 15) is 9.18 Å². The predicted molar refractivity (Wildman–Crippen MR) is 118 cm³/mol. The van der Waals surface area contributed by atoms with Gasteiger partial charge in [-0.05, 0) is 55.5 Å². The molecule has 2 aliphatic rings. The molecule has 1 aliphatic carbocycles. The Bertz CT molecular complexity index is 1370. The van der Waals surface area contributed by atoms with Crippen LogP contribution in [-0.4, -0.2) is 35.1 Å². The van der Waals surface area contributed by atoms with Crippen LogP contribution in [0.2, 0.25) is 0 Å². The maximum absolute atomic E-state index is 14.6. The second kappa shape index (κ2) is 6.92. The van der Waals surface area contributed by atoms with Crippen LogP contribution < -0.4 is 15.8 Å². The first-order chi connectivity index (χ1) is 15.0. The molecule has 0 amide bonds. The fraction of sp³-hybridized carbons (Fsp3) is 0.333. The first-order valence-electron chi connectivity index (χ1n) is 10.8. The number of imidazole rings is 1. The molecule has 0 unspecified atom stereocenters. The number of nitrogens with zero attached hydrogens (tertiary/aromatic N) is 3. The van der Waals surface area contributed by atoms with E-state index in [1.807, 2.05) is 18.3 Å². The molecule has 1 saturated carbocycles. The van der Waals surface area contributed by atoms with Crippen molar-refractivity contribution in [2.45, 2.75) is 31.7 Å². The molecule has 6 nitrogen and oxygen atoms in total. The number of benzene rings is 1. The van der Waals surface area contributed by atoms with Gasteiger partial charge >= 0.3 is 5.63 Å². The standard InChI is InChI=1S/C24H23FN4O2/c1-14-11-28(7-6-26-14)18-5-4-16-8-19(24(30)31-22(16)10-18)21-13-29-12-17(15-2-3-15)9-20(25)23(29)27-21/h4-5,8-10,12-15,26H,2-3,6-7,11H2,1H3/t14-/m1/s1. The van der Waals surface area contributed by atoms with E-state index in [1.165, 1.54) is 0 Å². The number of nitrogens with one attached hydrogen (secondary N) is 1. The summed E-state index contributed by atoms with van der Waals surface area (Å²) in [6.45, 7) is 4.90. The topological polar surface area (TPSA) is 62.8 Å². The fourth-order valence-electron chi connectivity index (χ4n) is 4.49. The molecular formula is C24H23FN4O2. The normalized spacial score (nSPS) is 19.4. The number of anilines is 1. The second-order valence-electron chi connectivity index (χ2n) is 8.72. The molecule has 1 saturated heterocycles. The molecule has 1 aliphatic heterocycles. The molecule has 158 valence electrons. The number of fused-ring (bicyclic) bond motifs is 2. The Kier molecular flexibility index (Phi) is 4.14. The van der Waals surface area contributed by atoms with Crippen LogP contribution in [0.15, 0.2) is 51.9 Å². The SMILES string of the molecule is C[C@@H]1CN(c2ccc3cc(-c4cn5cc(C6CC6)cc(F)c5n4)c(=O)oc3c2)CCN1. The van der Waals surface area contributed by atoms with Gasteiger partial charge in [-0.25, -0.2) is 14.2 Å². The van der Waals surface area contributed by atoms with E-state index in [0.717, 1.165) is 49.1 Å². The quantitative estimate of drug-likeness (QED) is 0.511. The summed E-state index contributed by atoms with van der Waals surface area (Å²) in [5.41, 5.74) is 3.08. The molecular weight excluding hydrogens is 395 g/mol. The van der Waals surface area contributed by atoms with Crippen molar-refractivity contribution >= 4 is 22.3 Å². The number of hydrogen-bond donors (Lipinski definition) is 1. The van der Waals surface area contributed by atoms with Crippen LogP contribution in [0.1, 0.15) is 31.2 Å². The lowest BCUT2D eigenvalue weighted by Crippen LogP contribution is -2.49. The van der Waals surface area contributed by atoms with E-state index >= 15 is 0 Å². The molecule has 1 atom stereocenters. The molecule has 1 N–H and O–H groups in total. The van der Waals surface area contributed by atoms with Crippen LogP contribution in [0.5, 0.6) is 0 Å². The van der Waals surface area contributed by atoms with E-state index in [4.69, 9.17) is 4.42 Å². The van der Waals surface area contributed by atoms with Gasteiger partial charge in [0, 0.05) is 55.2 Å². The monoisotopic (exact) mass is 418 g/mol. The molecule has 4 heterocycles. The summed E-state index contributed by atoms with van der Waals surface area (Å²) < 4.78 is 21.9. The molecule has 1 aromatic carbocycles. The highest BCUT2D eigenvalue weighted by molar-refractivity contribution is 5.84. The lowest BCUT2D eigenvalue weighted by Gasteiger charge is -2.33. The summed E-state index contributed by atoms with van der Waals surface area (Å²) >= 11 is 0. The maximum atomic E-state index is 14.6. The highest BCUT2D eigenvalue weighted by Gasteiger charge is 2.25. The molecule has 0 spiro atoms. The number of pyridine rings is 1. The van der Waals surface area contributed by atoms with Crippen LogP contribution in [-0.2, 0) is 0 Å². The predicted octanol–water partition coefficient (Wildman–Crippen LogP) is 3.92. The van der Waals surface area contributed by atoms with Gasteiger partial charge in [0.05, 0.1) is 11.3 Å². The summed E-state index contributed by atoms with van der Waals surface area (Å²) in [6, 6.07) is 9.69. The van der Waals surface area contributed by atoms with Crippen LogP contribution in [0.25, 0.3) is 27.9 Å². The van der Waals surface area contributed by atoms with Gasteiger partial charge in [-0.15, -0.1) is 0 Å². The molecule has 3 aromatic heterocycles. The van der Waals surface area contributed by atoms with Crippen molar-refractivity contribution in [2.75, 3.05) is 24.5 Å². The third-order valence-electron chi connectivity index (χ3n) is 6.31. The molecule has 6 rings (SSSR count). The average Bonchev–Trinajstić information content (AvgIpc) is 3.52. The largest absolute Gasteiger partial charge is 0.422 e. The average molecular weight is 418 g/mol. The lowest BCUT2D eigenvalue weighted by atomic mass is 10.1. The first-order valence-corrected chi connectivity index (χ1v) is 10.8. The Balaban J connectivity index is 1.40. The number of piperazine rings is 1. The van der Waals surface area contributed by atoms with Gasteiger partial charge in [0.2, 0.25) is 0 Å². The van der Waals surface area contributed by atoms with Crippen molar-refractivity contribution in [3.05, 3.63) is 64.5 Å². The number of hydrogen-bond acceptors (Lipinski definition) is 5. The minimum atomic E-state index is -0.468. The molecule has 4 aromatic rings. The number of halogens is 1. The zero-order valence-corrected chi connectivity index (χ0v) is 17.3. The molecule has 31 heavy (non-hydrogen) atoms. The van der Waals surface area contributed by atoms with Gasteiger partial charge in [0.25, 0.3) is 0 Å². The van der Waals surface area contributed by atoms with Gasteiger partial charge in [0.1, 0.15) is 5.58 Å². The maximum Gasteiger partial charge on any atom is 0.345 e. The van der Waals surface area contributed by atoms with E-state index in [2.05, 4.69) is 28.2 Å². The third-order valence-corrected chi connectivity index (χ3v) is 6.31. The fourth-order valence-corrected chi connectivity index (χ4v) is 4.49. The Hall–Kier alpha value is -3.19. The summed E-state index contributed by atoms with van der Waals surface area (Å²) in [5.74, 6) is 0.0686. The van der Waals surface area contributed by atoms with E-state index in [-0.39, 0.29) is 11.5 Å². The summed E-state index contributed by atoms with van der Waals surface area (Å²) in [4.78, 5) is 19.5. The van der Waals surface area contributed by atoms with Crippen LogP contribution in [0.3, 0.4) is 0 Å². The van der Waals surface area contributed by atoms with E-state index in [0.29, 0.717) is 28.8 Å². The molecule has 0 radical (unpaired) electrons. The van der Waals surface area contributed by atoms with Gasteiger partial charge < -0.3 is 19.0 Å². The van der Waals surface area contributed by atoms with Crippen molar-refractivity contribution in [1.82, 2.24) is 14.7 Å². The second-order valence-corrected chi connectivity index (χ2v) is 8.72. The van der Waals surface area contributed by atoms with Crippen LogP contribution in [0.4, 0.5) is 10.1 Å². The van der Waals surface area contributed by atoms with E-state index in [1.54, 1.807) is 22.7 Å². The summed E-state index contributed by atoms with van der Waals surface area (Å²) in [6.07, 6.45) is 5.81. The van der Waals surface area contributed by atoms with Gasteiger partial charge in [-0.3, -0.25) is 0 Å². The Morgan fingerprint density at radius 2 is 2.06 bits per heavy atom. The van der Waals surface area contributed by atoms with E-state index < -0.39 is 5.63 Å². The highest BCUT2D eigenvalue weighted by atomic mass is 19.1. The Morgan fingerprint density at radius 3 is 2.87 bits per heavy atom. The Morgan fingerprint density at radius 1 is 1.19 bits per heavy atom. The van der Waals surface area contributed by atoms with Crippen molar-refractivity contribution in [1.29, 1.82) is 0 Å². The molecule has 2 fully saturated rings. The van der Waals surface area contributed by atoms with Crippen molar-refractivity contribution in [3.63, 3.8) is 0 Å². The van der Waals surface area contributed by atoms with Crippen molar-refractivity contribution < 1.29 is 8.81 Å². The highest BCUT2D eigenvalue weighted by Crippen LogP contribution is 2.40. The molecule has 0 bridgehead atoms. The minimum absolute atomic E-state index is 0.224.